The van der Waals surface area contributed by atoms with Crippen LogP contribution in [-0.4, -0.2) is 27.6 Å². The molecule has 0 unspecified atom stereocenters. The molecule has 0 aliphatic carbocycles. The molecule has 0 bridgehead atoms. The second-order valence-electron chi connectivity index (χ2n) is 3.99. The van der Waals surface area contributed by atoms with E-state index in [2.05, 4.69) is 9.71 Å². The Bertz CT molecular complexity index is 732. The van der Waals surface area contributed by atoms with Gasteiger partial charge in [0.25, 0.3) is 10.0 Å². The molecule has 0 amide bonds. The van der Waals surface area contributed by atoms with Crippen LogP contribution >= 0.6 is 0 Å². The number of methoxy groups -OCH3 is 2. The fourth-order valence-corrected chi connectivity index (χ4v) is 2.64. The number of hydrogen-bond donors (Lipinski definition) is 1. The van der Waals surface area contributed by atoms with Crippen molar-refractivity contribution in [1.29, 1.82) is 0 Å². The van der Waals surface area contributed by atoms with Crippen LogP contribution in [-0.2, 0) is 10.0 Å². The van der Waals surface area contributed by atoms with E-state index < -0.39 is 15.8 Å². The van der Waals surface area contributed by atoms with Crippen LogP contribution in [0.25, 0.3) is 0 Å². The quantitative estimate of drug-likeness (QED) is 0.914. The predicted octanol–water partition coefficient (Wildman–Crippen LogP) is 2.04. The summed E-state index contributed by atoms with van der Waals surface area (Å²) >= 11 is 0. The molecular formula is C13H13FN2O4S. The molecule has 1 heterocycles. The van der Waals surface area contributed by atoms with Crippen molar-refractivity contribution in [3.63, 3.8) is 0 Å². The number of rotatable bonds is 5. The van der Waals surface area contributed by atoms with Gasteiger partial charge in [0.15, 0.2) is 11.6 Å². The lowest BCUT2D eigenvalue weighted by atomic mass is 10.3. The fourth-order valence-electron chi connectivity index (χ4n) is 1.59. The van der Waals surface area contributed by atoms with Gasteiger partial charge in [0, 0.05) is 6.07 Å². The normalized spacial score (nSPS) is 11.0. The monoisotopic (exact) mass is 312 g/mol. The molecule has 1 aromatic carbocycles. The first-order valence-corrected chi connectivity index (χ1v) is 7.31. The lowest BCUT2D eigenvalue weighted by Gasteiger charge is -2.09. The van der Waals surface area contributed by atoms with Gasteiger partial charge in [-0.3, -0.25) is 4.72 Å². The Morgan fingerprint density at radius 3 is 2.43 bits per heavy atom. The Morgan fingerprint density at radius 1 is 1.14 bits per heavy atom. The average molecular weight is 312 g/mol. The number of benzene rings is 1. The summed E-state index contributed by atoms with van der Waals surface area (Å²) in [6.07, 6.45) is 1.30. The van der Waals surface area contributed by atoms with E-state index in [9.17, 15) is 12.8 Å². The molecule has 0 saturated heterocycles. The second kappa shape index (κ2) is 5.96. The van der Waals surface area contributed by atoms with Gasteiger partial charge in [0.05, 0.1) is 31.0 Å². The summed E-state index contributed by atoms with van der Waals surface area (Å²) in [5.41, 5.74) is 0.243. The maximum Gasteiger partial charge on any atom is 0.262 e. The molecule has 1 N–H and O–H groups in total. The first-order chi connectivity index (χ1) is 9.96. The van der Waals surface area contributed by atoms with E-state index in [1.165, 1.54) is 44.7 Å². The van der Waals surface area contributed by atoms with Crippen LogP contribution in [0.15, 0.2) is 41.4 Å². The van der Waals surface area contributed by atoms with E-state index in [4.69, 9.17) is 9.47 Å². The van der Waals surface area contributed by atoms with Crippen LogP contribution in [0.3, 0.4) is 0 Å². The number of hydrogen-bond acceptors (Lipinski definition) is 5. The zero-order chi connectivity index (χ0) is 15.5. The van der Waals surface area contributed by atoms with Gasteiger partial charge in [-0.05, 0) is 24.3 Å². The van der Waals surface area contributed by atoms with Gasteiger partial charge < -0.3 is 9.47 Å². The molecule has 112 valence electrons. The maximum absolute atomic E-state index is 13.6. The smallest absolute Gasteiger partial charge is 0.262 e. The summed E-state index contributed by atoms with van der Waals surface area (Å²) in [5.74, 6) is -0.429. The molecule has 6 nitrogen and oxygen atoms in total. The van der Waals surface area contributed by atoms with Gasteiger partial charge in [0.2, 0.25) is 5.88 Å². The first kappa shape index (κ1) is 15.0. The predicted molar refractivity (Wildman–Crippen MR) is 74.5 cm³/mol. The molecule has 0 aliphatic rings. The van der Waals surface area contributed by atoms with Crippen molar-refractivity contribution in [2.45, 2.75) is 4.90 Å². The summed E-state index contributed by atoms with van der Waals surface area (Å²) in [7, 11) is -1.16. The Morgan fingerprint density at radius 2 is 1.90 bits per heavy atom. The average Bonchev–Trinajstić information content (AvgIpc) is 2.47. The topological polar surface area (TPSA) is 77.5 Å². The molecular weight excluding hydrogens is 299 g/mol. The summed E-state index contributed by atoms with van der Waals surface area (Å²) in [6, 6.07) is 6.38. The number of nitrogens with one attached hydrogen (secondary N) is 1. The summed E-state index contributed by atoms with van der Waals surface area (Å²) in [6.45, 7) is 0. The van der Waals surface area contributed by atoms with E-state index in [-0.39, 0.29) is 16.3 Å². The number of pyridine rings is 1. The van der Waals surface area contributed by atoms with Gasteiger partial charge in [-0.1, -0.05) is 0 Å². The Hall–Kier alpha value is -2.35. The van der Waals surface area contributed by atoms with Crippen molar-refractivity contribution in [1.82, 2.24) is 4.98 Å². The van der Waals surface area contributed by atoms with E-state index in [0.717, 1.165) is 6.07 Å². The van der Waals surface area contributed by atoms with Crippen LogP contribution in [0.1, 0.15) is 0 Å². The number of sulfonamides is 1. The number of halogens is 1. The Balaban J connectivity index is 2.26. The lowest BCUT2D eigenvalue weighted by Crippen LogP contribution is -2.13. The fraction of sp³-hybridized carbons (Fsp3) is 0.154. The molecule has 0 saturated carbocycles. The van der Waals surface area contributed by atoms with Gasteiger partial charge in [-0.15, -0.1) is 0 Å². The number of aromatic nitrogens is 1. The molecule has 0 fully saturated rings. The van der Waals surface area contributed by atoms with Crippen LogP contribution < -0.4 is 14.2 Å². The Labute approximate surface area is 121 Å². The van der Waals surface area contributed by atoms with Crippen molar-refractivity contribution in [3.8, 4) is 11.6 Å². The molecule has 1 aromatic heterocycles. The molecule has 2 aromatic rings. The maximum atomic E-state index is 13.6. The van der Waals surface area contributed by atoms with Crippen LogP contribution in [0.4, 0.5) is 10.1 Å². The van der Waals surface area contributed by atoms with Gasteiger partial charge >= 0.3 is 0 Å². The van der Waals surface area contributed by atoms with Crippen molar-refractivity contribution in [3.05, 3.63) is 42.3 Å². The van der Waals surface area contributed by atoms with Crippen molar-refractivity contribution in [2.24, 2.45) is 0 Å². The molecule has 8 heteroatoms. The van der Waals surface area contributed by atoms with Gasteiger partial charge in [-0.2, -0.15) is 0 Å². The van der Waals surface area contributed by atoms with Gasteiger partial charge in [-0.25, -0.2) is 17.8 Å². The highest BCUT2D eigenvalue weighted by Gasteiger charge is 2.17. The van der Waals surface area contributed by atoms with Gasteiger partial charge in [0.1, 0.15) is 0 Å². The Kier molecular flexibility index (Phi) is 4.27. The number of nitrogens with zero attached hydrogens (tertiary/aromatic N) is 1. The summed E-state index contributed by atoms with van der Waals surface area (Å²) in [5, 5.41) is 0. The number of ether oxygens (including phenoxy) is 2. The summed E-state index contributed by atoms with van der Waals surface area (Å²) in [4.78, 5) is 3.67. The minimum absolute atomic E-state index is 0.0277. The molecule has 2 rings (SSSR count). The summed E-state index contributed by atoms with van der Waals surface area (Å²) < 4.78 is 49.7. The second-order valence-corrected chi connectivity index (χ2v) is 5.67. The third-order valence-electron chi connectivity index (χ3n) is 2.63. The standard InChI is InChI=1S/C13H13FN2O4S/c1-19-12-5-4-10(7-11(12)14)21(17,18)16-9-3-6-13(20-2)15-8-9/h3-8,16H,1-2H3. The zero-order valence-corrected chi connectivity index (χ0v) is 12.1. The van der Waals surface area contributed by atoms with Crippen molar-refractivity contribution >= 4 is 15.7 Å². The number of anilines is 1. The highest BCUT2D eigenvalue weighted by Crippen LogP contribution is 2.22. The van der Waals surface area contributed by atoms with Crippen molar-refractivity contribution in [2.75, 3.05) is 18.9 Å². The highest BCUT2D eigenvalue weighted by atomic mass is 32.2. The minimum atomic E-state index is -3.91. The zero-order valence-electron chi connectivity index (χ0n) is 11.3. The molecule has 0 spiro atoms. The van der Waals surface area contributed by atoms with E-state index in [1.807, 2.05) is 0 Å². The third-order valence-corrected chi connectivity index (χ3v) is 4.01. The minimum Gasteiger partial charge on any atom is -0.494 e. The highest BCUT2D eigenvalue weighted by molar-refractivity contribution is 7.92. The first-order valence-electron chi connectivity index (χ1n) is 5.82. The largest absolute Gasteiger partial charge is 0.494 e. The van der Waals surface area contributed by atoms with Crippen LogP contribution in [0.2, 0.25) is 0 Å². The van der Waals surface area contributed by atoms with Crippen LogP contribution in [0, 0.1) is 5.82 Å². The third kappa shape index (κ3) is 3.40. The van der Waals surface area contributed by atoms with E-state index >= 15 is 0 Å². The molecule has 21 heavy (non-hydrogen) atoms. The molecule has 0 aliphatic heterocycles. The SMILES string of the molecule is COc1ccc(NS(=O)(=O)c2ccc(OC)c(F)c2)cn1. The lowest BCUT2D eigenvalue weighted by molar-refractivity contribution is 0.385. The van der Waals surface area contributed by atoms with Crippen molar-refractivity contribution < 1.29 is 22.3 Å². The molecule has 0 atom stereocenters. The van der Waals surface area contributed by atoms with E-state index in [0.29, 0.717) is 5.88 Å². The van der Waals surface area contributed by atoms with Crippen LogP contribution in [0.5, 0.6) is 11.6 Å². The molecule has 0 radical (unpaired) electrons. The van der Waals surface area contributed by atoms with E-state index in [1.54, 1.807) is 0 Å².